The number of aryl methyl sites for hydroxylation is 1. The Kier molecular flexibility index (Phi) is 12.0. The Morgan fingerprint density at radius 2 is 1.68 bits per heavy atom. The number of piperidine rings is 1. The van der Waals surface area contributed by atoms with Gasteiger partial charge >= 0.3 is 6.03 Å². The van der Waals surface area contributed by atoms with Crippen LogP contribution in [0.1, 0.15) is 64.1 Å². The number of halogens is 2. The number of amides is 5. The molecule has 66 heavy (non-hydrogen) atoms. The number of nitriles is 1. The van der Waals surface area contributed by atoms with E-state index in [9.17, 15) is 24.4 Å². The zero-order valence-electron chi connectivity index (χ0n) is 36.7. The van der Waals surface area contributed by atoms with E-state index in [0.717, 1.165) is 21.4 Å². The van der Waals surface area contributed by atoms with Gasteiger partial charge in [-0.3, -0.25) is 44.0 Å². The third-order valence-electron chi connectivity index (χ3n) is 12.7. The molecule has 0 saturated carbocycles. The van der Waals surface area contributed by atoms with E-state index in [0.29, 0.717) is 86.1 Å². The number of urea groups is 1. The molecule has 1 N–H and O–H groups in total. The first-order valence-electron chi connectivity index (χ1n) is 21.9. The van der Waals surface area contributed by atoms with E-state index in [1.807, 2.05) is 41.0 Å². The lowest BCUT2D eigenvalue weighted by molar-refractivity contribution is -0.129. The largest absolute Gasteiger partial charge is 0.493 e. The minimum absolute atomic E-state index is 0.141. The average Bonchev–Trinajstić information content (AvgIpc) is 3.76. The van der Waals surface area contributed by atoms with E-state index in [1.54, 1.807) is 53.0 Å². The van der Waals surface area contributed by atoms with Crippen LogP contribution >= 0.6 is 0 Å². The highest BCUT2D eigenvalue weighted by Gasteiger charge is 2.49. The first-order valence-corrected chi connectivity index (χ1v) is 21.9. The number of imide groups is 2. The van der Waals surface area contributed by atoms with Gasteiger partial charge in [0, 0.05) is 76.9 Å². The molecule has 9 rings (SSSR count). The molecule has 3 saturated heterocycles. The second kappa shape index (κ2) is 18.0. The van der Waals surface area contributed by atoms with Crippen molar-refractivity contribution in [3.63, 3.8) is 0 Å². The van der Waals surface area contributed by atoms with Crippen LogP contribution < -0.4 is 29.3 Å². The number of benzene rings is 3. The normalized spacial score (nSPS) is 19.5. The van der Waals surface area contributed by atoms with Crippen molar-refractivity contribution in [1.29, 1.82) is 5.26 Å². The summed E-state index contributed by atoms with van der Waals surface area (Å²) in [6.07, 6.45) is 1.78. The third kappa shape index (κ3) is 8.33. The number of nitrogens with zero attached hydrogens (tertiary/aromatic N) is 9. The Hall–Kier alpha value is -7.17. The van der Waals surface area contributed by atoms with Crippen molar-refractivity contribution in [2.75, 3.05) is 69.3 Å². The molecule has 4 aliphatic heterocycles. The molecule has 17 nitrogen and oxygen atoms in total. The molecule has 4 aliphatic rings. The number of methoxy groups -OCH3 is 1. The summed E-state index contributed by atoms with van der Waals surface area (Å²) in [5.41, 5.74) is 2.46. The van der Waals surface area contributed by atoms with E-state index in [4.69, 9.17) is 14.2 Å². The molecule has 5 amide bonds. The van der Waals surface area contributed by atoms with Gasteiger partial charge in [-0.05, 0) is 66.9 Å². The molecule has 19 heteroatoms. The maximum atomic E-state index is 16.0. The van der Waals surface area contributed by atoms with Gasteiger partial charge in [-0.2, -0.15) is 10.4 Å². The molecule has 0 bridgehead atoms. The maximum Gasteiger partial charge on any atom is 0.329 e. The minimum Gasteiger partial charge on any atom is -0.493 e. The lowest BCUT2D eigenvalue weighted by Gasteiger charge is -2.46. The first kappa shape index (κ1) is 44.1. The summed E-state index contributed by atoms with van der Waals surface area (Å²) >= 11 is 0. The molecule has 0 spiro atoms. The molecular formula is C47H48F2N10O7. The van der Waals surface area contributed by atoms with Crippen LogP contribution in [0.2, 0.25) is 0 Å². The summed E-state index contributed by atoms with van der Waals surface area (Å²) in [4.78, 5) is 64.7. The molecule has 3 aromatic carbocycles. The fourth-order valence-corrected chi connectivity index (χ4v) is 9.45. The number of anilines is 2. The van der Waals surface area contributed by atoms with Gasteiger partial charge in [0.2, 0.25) is 5.91 Å². The number of nitrogens with one attached hydrogen (secondary N) is 1. The van der Waals surface area contributed by atoms with Crippen molar-refractivity contribution in [1.82, 2.24) is 34.8 Å². The number of carbonyl (C=O) groups is 4. The highest BCUT2D eigenvalue weighted by molar-refractivity contribution is 6.23. The summed E-state index contributed by atoms with van der Waals surface area (Å²) < 4.78 is 51.0. The SMILES string of the molecule is CCOc1cc([C@@H](CC#N)N2C(=O)c3ccnc(N4CCN([C@H]5CCN(Cc6ccc(Oc7ccc8c(N9CCC(=O)NC9=O)nn(C)c8c7)cc6)CC5(F)F)CC4)c3C2=O)ccc1OC. The van der Waals surface area contributed by atoms with Crippen molar-refractivity contribution in [2.24, 2.45) is 7.05 Å². The molecule has 5 aromatic rings. The number of likely N-dealkylation sites (tertiary alicyclic amines) is 1. The summed E-state index contributed by atoms with van der Waals surface area (Å²) in [5.74, 6) is -1.63. The molecule has 6 heterocycles. The highest BCUT2D eigenvalue weighted by atomic mass is 19.3. The first-order chi connectivity index (χ1) is 31.9. The molecule has 0 unspecified atom stereocenters. The van der Waals surface area contributed by atoms with Crippen LogP contribution in [0.3, 0.4) is 0 Å². The number of aromatic nitrogens is 3. The summed E-state index contributed by atoms with van der Waals surface area (Å²) in [6, 6.07) is 19.0. The van der Waals surface area contributed by atoms with Gasteiger partial charge in [0.05, 0.1) is 61.5 Å². The number of rotatable bonds is 13. The van der Waals surface area contributed by atoms with E-state index in [1.165, 1.54) is 24.3 Å². The van der Waals surface area contributed by atoms with Gasteiger partial charge in [0.25, 0.3) is 17.7 Å². The van der Waals surface area contributed by atoms with Crippen molar-refractivity contribution >= 4 is 46.3 Å². The van der Waals surface area contributed by atoms with Crippen LogP contribution in [0.4, 0.5) is 25.2 Å². The second-order valence-corrected chi connectivity index (χ2v) is 16.7. The molecule has 2 atom stereocenters. The Labute approximate surface area is 379 Å². The Balaban J connectivity index is 0.805. The summed E-state index contributed by atoms with van der Waals surface area (Å²) in [7, 11) is 3.27. The maximum absolute atomic E-state index is 16.0. The number of piperazine rings is 1. The van der Waals surface area contributed by atoms with Crippen molar-refractivity contribution < 1.29 is 42.2 Å². The van der Waals surface area contributed by atoms with Crippen LogP contribution in [-0.4, -0.2) is 125 Å². The zero-order valence-corrected chi connectivity index (χ0v) is 36.7. The van der Waals surface area contributed by atoms with Crippen LogP contribution in [0.15, 0.2) is 72.9 Å². The average molecular weight is 903 g/mol. The topological polar surface area (TPSA) is 179 Å². The van der Waals surface area contributed by atoms with Crippen molar-refractivity contribution in [3.05, 3.63) is 95.2 Å². The molecule has 342 valence electrons. The van der Waals surface area contributed by atoms with Gasteiger partial charge in [-0.15, -0.1) is 0 Å². The summed E-state index contributed by atoms with van der Waals surface area (Å²) in [5, 5.41) is 17.4. The third-order valence-corrected chi connectivity index (χ3v) is 12.7. The molecule has 3 fully saturated rings. The van der Waals surface area contributed by atoms with E-state index < -0.39 is 42.4 Å². The van der Waals surface area contributed by atoms with Crippen LogP contribution in [0, 0.1) is 11.3 Å². The predicted octanol–water partition coefficient (Wildman–Crippen LogP) is 5.90. The van der Waals surface area contributed by atoms with E-state index in [-0.39, 0.29) is 42.8 Å². The Bertz CT molecular complexity index is 2750. The highest BCUT2D eigenvalue weighted by Crippen LogP contribution is 2.41. The molecule has 0 aliphatic carbocycles. The van der Waals surface area contributed by atoms with E-state index in [2.05, 4.69) is 21.5 Å². The van der Waals surface area contributed by atoms with Crippen LogP contribution in [0.5, 0.6) is 23.0 Å². The van der Waals surface area contributed by atoms with Crippen molar-refractivity contribution in [2.45, 2.75) is 50.7 Å². The monoisotopic (exact) mass is 902 g/mol. The number of hydrogen-bond donors (Lipinski definition) is 1. The molecular weight excluding hydrogens is 855 g/mol. The summed E-state index contributed by atoms with van der Waals surface area (Å²) in [6.45, 7) is 4.11. The fraction of sp³-hybridized carbons (Fsp3) is 0.383. The number of pyridine rings is 1. The number of fused-ring (bicyclic) bond motifs is 2. The predicted molar refractivity (Wildman–Crippen MR) is 237 cm³/mol. The fourth-order valence-electron chi connectivity index (χ4n) is 9.45. The van der Waals surface area contributed by atoms with E-state index >= 15 is 8.78 Å². The second-order valence-electron chi connectivity index (χ2n) is 16.7. The van der Waals surface area contributed by atoms with Gasteiger partial charge in [-0.25, -0.2) is 18.6 Å². The molecule has 0 radical (unpaired) electrons. The standard InChI is InChI=1S/C47H48F2N10O7/c1-4-65-38-25-30(7-12-37(38)64-3)35(13-17-50)59-44(61)34-14-18-51-43(41(34)45(59)62)57-23-21-56(22-24-57)39-15-19-55(28-47(39,48)49)27-29-5-8-31(9-6-29)66-32-10-11-33-36(26-32)54(2)53-42(33)58-20-16-40(60)52-46(58)63/h5-12,14,18,25-26,35,39H,4,13,15-16,19-24,27-28H2,1-3H3,(H,52,60,63)/t35-,39+/m1/s1. The van der Waals surface area contributed by atoms with Crippen LogP contribution in [-0.2, 0) is 18.4 Å². The van der Waals surface area contributed by atoms with Gasteiger partial charge in [0.1, 0.15) is 17.3 Å². The number of carbonyl (C=O) groups excluding carboxylic acids is 4. The van der Waals surface area contributed by atoms with Gasteiger partial charge < -0.3 is 19.1 Å². The molecule has 2 aromatic heterocycles. The Morgan fingerprint density at radius 3 is 2.39 bits per heavy atom. The van der Waals surface area contributed by atoms with Gasteiger partial charge in [0.15, 0.2) is 17.3 Å². The smallest absolute Gasteiger partial charge is 0.329 e. The number of alkyl halides is 2. The Morgan fingerprint density at radius 1 is 0.909 bits per heavy atom. The van der Waals surface area contributed by atoms with Gasteiger partial charge in [-0.1, -0.05) is 18.2 Å². The zero-order chi connectivity index (χ0) is 46.3. The lowest BCUT2D eigenvalue weighted by Crippen LogP contribution is -2.61. The van der Waals surface area contributed by atoms with Crippen LogP contribution in [0.25, 0.3) is 10.9 Å². The number of ether oxygens (including phenoxy) is 3. The minimum atomic E-state index is -2.99. The lowest BCUT2D eigenvalue weighted by atomic mass is 9.97. The number of hydrogen-bond acceptors (Lipinski definition) is 13. The quantitative estimate of drug-likeness (QED) is 0.138. The van der Waals surface area contributed by atoms with Crippen molar-refractivity contribution in [3.8, 4) is 29.1 Å².